The number of hydrogen-bond acceptors (Lipinski definition) is 5. The fourth-order valence-corrected chi connectivity index (χ4v) is 4.19. The summed E-state index contributed by atoms with van der Waals surface area (Å²) in [5.41, 5.74) is 3.89. The molecule has 1 N–H and O–H groups in total. The van der Waals surface area contributed by atoms with E-state index in [4.69, 9.17) is 16.3 Å². The summed E-state index contributed by atoms with van der Waals surface area (Å²) in [6, 6.07) is 22.9. The fourth-order valence-electron chi connectivity index (χ4n) is 3.23. The number of nitrogens with zero attached hydrogens (tertiary/aromatic N) is 3. The molecule has 4 aromatic rings. The van der Waals surface area contributed by atoms with E-state index in [0.29, 0.717) is 21.8 Å². The number of benzene rings is 3. The number of rotatable bonds is 8. The molecule has 6 nitrogen and oxygen atoms in total. The minimum atomic E-state index is -0.106. The SMILES string of the molecule is Cc1cccc(NC(=O)CSc2nnc(COc3ccccc3Cl)n2-c2ccccc2)c1C. The van der Waals surface area contributed by atoms with Crippen molar-refractivity contribution in [1.29, 1.82) is 0 Å². The van der Waals surface area contributed by atoms with Crippen LogP contribution in [-0.2, 0) is 11.4 Å². The lowest BCUT2D eigenvalue weighted by atomic mass is 10.1. The number of aryl methyl sites for hydroxylation is 1. The maximum Gasteiger partial charge on any atom is 0.234 e. The molecule has 0 unspecified atom stereocenters. The van der Waals surface area contributed by atoms with Crippen molar-refractivity contribution >= 4 is 35.0 Å². The van der Waals surface area contributed by atoms with Gasteiger partial charge in [0.1, 0.15) is 12.4 Å². The molecule has 0 saturated heterocycles. The Hall–Kier alpha value is -3.29. The first kappa shape index (κ1) is 22.9. The van der Waals surface area contributed by atoms with Crippen LogP contribution in [0, 0.1) is 13.8 Å². The monoisotopic (exact) mass is 478 g/mol. The maximum absolute atomic E-state index is 12.6. The average Bonchev–Trinajstić information content (AvgIpc) is 3.23. The Morgan fingerprint density at radius 2 is 1.76 bits per heavy atom. The molecule has 0 aliphatic carbocycles. The summed E-state index contributed by atoms with van der Waals surface area (Å²) >= 11 is 7.53. The van der Waals surface area contributed by atoms with Crippen LogP contribution in [0.4, 0.5) is 5.69 Å². The van der Waals surface area contributed by atoms with Gasteiger partial charge >= 0.3 is 0 Å². The second kappa shape index (κ2) is 10.6. The van der Waals surface area contributed by atoms with Gasteiger partial charge in [0.25, 0.3) is 0 Å². The minimum absolute atomic E-state index is 0.106. The van der Waals surface area contributed by atoms with E-state index in [1.165, 1.54) is 11.8 Å². The molecule has 3 aromatic carbocycles. The van der Waals surface area contributed by atoms with Gasteiger partial charge in [0.05, 0.1) is 10.8 Å². The van der Waals surface area contributed by atoms with Crippen LogP contribution in [0.15, 0.2) is 78.0 Å². The van der Waals surface area contributed by atoms with E-state index >= 15 is 0 Å². The number of anilines is 1. The zero-order chi connectivity index (χ0) is 23.2. The topological polar surface area (TPSA) is 69.0 Å². The van der Waals surface area contributed by atoms with Crippen LogP contribution < -0.4 is 10.1 Å². The van der Waals surface area contributed by atoms with Crippen molar-refractivity contribution in [2.45, 2.75) is 25.6 Å². The molecule has 168 valence electrons. The molecule has 0 bridgehead atoms. The van der Waals surface area contributed by atoms with Gasteiger partial charge in [0.15, 0.2) is 11.0 Å². The van der Waals surface area contributed by atoms with E-state index in [1.54, 1.807) is 12.1 Å². The van der Waals surface area contributed by atoms with Gasteiger partial charge in [-0.2, -0.15) is 0 Å². The summed E-state index contributed by atoms with van der Waals surface area (Å²) in [5.74, 6) is 1.27. The second-order valence-corrected chi connectivity index (χ2v) is 8.72. The lowest BCUT2D eigenvalue weighted by Gasteiger charge is -2.12. The molecule has 8 heteroatoms. The minimum Gasteiger partial charge on any atom is -0.484 e. The Balaban J connectivity index is 1.51. The first-order valence-corrected chi connectivity index (χ1v) is 11.7. The Bertz CT molecular complexity index is 1260. The molecule has 0 fully saturated rings. The normalized spacial score (nSPS) is 10.8. The zero-order valence-electron chi connectivity index (χ0n) is 18.3. The van der Waals surface area contributed by atoms with Crippen molar-refractivity contribution in [3.63, 3.8) is 0 Å². The molecule has 0 radical (unpaired) electrons. The Labute approximate surface area is 202 Å². The van der Waals surface area contributed by atoms with Crippen molar-refractivity contribution in [1.82, 2.24) is 14.8 Å². The van der Waals surface area contributed by atoms with Gasteiger partial charge in [-0.25, -0.2) is 0 Å². The number of carbonyl (C=O) groups is 1. The lowest BCUT2D eigenvalue weighted by Crippen LogP contribution is -2.15. The summed E-state index contributed by atoms with van der Waals surface area (Å²) in [7, 11) is 0. The van der Waals surface area contributed by atoms with Crippen LogP contribution in [0.3, 0.4) is 0 Å². The summed E-state index contributed by atoms with van der Waals surface area (Å²) in [6.07, 6.45) is 0. The highest BCUT2D eigenvalue weighted by Crippen LogP contribution is 2.26. The third kappa shape index (κ3) is 5.56. The predicted molar refractivity (Wildman–Crippen MR) is 132 cm³/mol. The van der Waals surface area contributed by atoms with E-state index in [-0.39, 0.29) is 18.3 Å². The quantitative estimate of drug-likeness (QED) is 0.322. The third-order valence-corrected chi connectivity index (χ3v) is 6.36. The number of hydrogen-bond donors (Lipinski definition) is 1. The summed E-state index contributed by atoms with van der Waals surface area (Å²) in [6.45, 7) is 4.20. The number of aromatic nitrogens is 3. The largest absolute Gasteiger partial charge is 0.484 e. The van der Waals surface area contributed by atoms with Gasteiger partial charge < -0.3 is 10.1 Å². The van der Waals surface area contributed by atoms with Crippen LogP contribution in [0.2, 0.25) is 5.02 Å². The molecular weight excluding hydrogens is 456 g/mol. The van der Waals surface area contributed by atoms with Crippen molar-refractivity contribution < 1.29 is 9.53 Å². The van der Waals surface area contributed by atoms with E-state index in [2.05, 4.69) is 15.5 Å². The van der Waals surface area contributed by atoms with Gasteiger partial charge in [-0.05, 0) is 55.3 Å². The highest BCUT2D eigenvalue weighted by Gasteiger charge is 2.17. The van der Waals surface area contributed by atoms with E-state index in [0.717, 1.165) is 22.5 Å². The molecule has 4 rings (SSSR count). The average molecular weight is 479 g/mol. The fraction of sp³-hybridized carbons (Fsp3) is 0.160. The van der Waals surface area contributed by atoms with Crippen molar-refractivity contribution in [3.05, 3.63) is 94.8 Å². The van der Waals surface area contributed by atoms with Crippen molar-refractivity contribution in [3.8, 4) is 11.4 Å². The van der Waals surface area contributed by atoms with Gasteiger partial charge in [-0.3, -0.25) is 9.36 Å². The first-order valence-electron chi connectivity index (χ1n) is 10.4. The molecule has 0 spiro atoms. The number of para-hydroxylation sites is 2. The van der Waals surface area contributed by atoms with Crippen molar-refractivity contribution in [2.24, 2.45) is 0 Å². The Kier molecular flexibility index (Phi) is 7.32. The molecule has 0 aliphatic rings. The molecule has 1 amide bonds. The summed E-state index contributed by atoms with van der Waals surface area (Å²) in [5, 5.41) is 12.8. The first-order chi connectivity index (χ1) is 16.0. The van der Waals surface area contributed by atoms with Crippen molar-refractivity contribution in [2.75, 3.05) is 11.1 Å². The molecule has 33 heavy (non-hydrogen) atoms. The van der Waals surface area contributed by atoms with Gasteiger partial charge in [0.2, 0.25) is 5.91 Å². The Morgan fingerprint density at radius 3 is 2.55 bits per heavy atom. The summed E-state index contributed by atoms with van der Waals surface area (Å²) in [4.78, 5) is 12.6. The lowest BCUT2D eigenvalue weighted by molar-refractivity contribution is -0.113. The molecular formula is C25H23ClN4O2S. The highest BCUT2D eigenvalue weighted by atomic mass is 35.5. The van der Waals surface area contributed by atoms with Crippen LogP contribution >= 0.6 is 23.4 Å². The third-order valence-electron chi connectivity index (χ3n) is 5.12. The van der Waals surface area contributed by atoms with E-state index in [1.807, 2.05) is 79.1 Å². The van der Waals surface area contributed by atoms with Gasteiger partial charge in [-0.1, -0.05) is 65.8 Å². The number of ether oxygens (including phenoxy) is 1. The van der Waals surface area contributed by atoms with Crippen LogP contribution in [0.1, 0.15) is 17.0 Å². The molecule has 0 aliphatic heterocycles. The molecule has 1 heterocycles. The van der Waals surface area contributed by atoms with Gasteiger partial charge in [-0.15, -0.1) is 10.2 Å². The molecule has 1 aromatic heterocycles. The van der Waals surface area contributed by atoms with Crippen LogP contribution in [-0.4, -0.2) is 26.4 Å². The molecule has 0 atom stereocenters. The maximum atomic E-state index is 12.6. The zero-order valence-corrected chi connectivity index (χ0v) is 19.9. The number of thioether (sulfide) groups is 1. The molecule has 0 saturated carbocycles. The predicted octanol–water partition coefficient (Wildman–Crippen LogP) is 5.85. The standard InChI is InChI=1S/C25H23ClN4O2S/c1-17-9-8-13-21(18(17)2)27-24(31)16-33-25-29-28-23(30(25)19-10-4-3-5-11-19)15-32-22-14-7-6-12-20(22)26/h3-14H,15-16H2,1-2H3,(H,27,31). The van der Waals surface area contributed by atoms with Crippen LogP contribution in [0.5, 0.6) is 5.75 Å². The number of amides is 1. The van der Waals surface area contributed by atoms with E-state index < -0.39 is 0 Å². The Morgan fingerprint density at radius 1 is 1.00 bits per heavy atom. The number of nitrogens with one attached hydrogen (secondary N) is 1. The van der Waals surface area contributed by atoms with Gasteiger partial charge in [0, 0.05) is 11.4 Å². The smallest absolute Gasteiger partial charge is 0.234 e. The highest BCUT2D eigenvalue weighted by molar-refractivity contribution is 7.99. The van der Waals surface area contributed by atoms with E-state index in [9.17, 15) is 4.79 Å². The summed E-state index contributed by atoms with van der Waals surface area (Å²) < 4.78 is 7.78. The number of carbonyl (C=O) groups excluding carboxylic acids is 1. The number of halogens is 1. The second-order valence-electron chi connectivity index (χ2n) is 7.37. The van der Waals surface area contributed by atoms with Crippen LogP contribution in [0.25, 0.3) is 5.69 Å².